The van der Waals surface area contributed by atoms with Crippen LogP contribution in [0.2, 0.25) is 0 Å². The molecule has 0 saturated heterocycles. The van der Waals surface area contributed by atoms with Crippen molar-refractivity contribution < 1.29 is 4.74 Å². The number of benzene rings is 2. The molecule has 2 aromatic carbocycles. The second-order valence-corrected chi connectivity index (χ2v) is 4.15. The molecule has 0 aliphatic carbocycles. The Morgan fingerprint density at radius 1 is 1.12 bits per heavy atom. The Kier molecular flexibility index (Phi) is 3.11. The third-order valence-electron chi connectivity index (χ3n) is 2.74. The molecule has 2 rings (SSSR count). The highest BCUT2D eigenvalue weighted by Gasteiger charge is 2.06. The van der Waals surface area contributed by atoms with Gasteiger partial charge in [-0.2, -0.15) is 0 Å². The van der Waals surface area contributed by atoms with E-state index in [-0.39, 0.29) is 6.04 Å². The normalized spacial score (nSPS) is 12.7. The smallest absolute Gasteiger partial charge is 0.126 e. The van der Waals surface area contributed by atoms with Crippen LogP contribution in [0.25, 0.3) is 10.8 Å². The molecule has 0 bridgehead atoms. The van der Waals surface area contributed by atoms with Crippen molar-refractivity contribution in [3.05, 3.63) is 42.0 Å². The van der Waals surface area contributed by atoms with E-state index in [0.717, 1.165) is 17.6 Å². The van der Waals surface area contributed by atoms with E-state index in [1.165, 1.54) is 10.9 Å². The van der Waals surface area contributed by atoms with Gasteiger partial charge < -0.3 is 10.5 Å². The number of nitrogens with two attached hydrogens (primary N) is 1. The van der Waals surface area contributed by atoms with E-state index in [1.807, 2.05) is 25.1 Å². The van der Waals surface area contributed by atoms with Crippen LogP contribution >= 0.6 is 0 Å². The van der Waals surface area contributed by atoms with Gasteiger partial charge in [0.05, 0.1) is 7.11 Å². The Hall–Kier alpha value is -1.54. The van der Waals surface area contributed by atoms with Crippen LogP contribution in [0.1, 0.15) is 12.5 Å². The number of fused-ring (bicyclic) bond motifs is 1. The fourth-order valence-electron chi connectivity index (χ4n) is 2.04. The molecule has 0 saturated carbocycles. The van der Waals surface area contributed by atoms with Crippen LogP contribution in [0.15, 0.2) is 36.4 Å². The summed E-state index contributed by atoms with van der Waals surface area (Å²) in [4.78, 5) is 0. The molecule has 0 fully saturated rings. The molecule has 2 heteroatoms. The summed E-state index contributed by atoms with van der Waals surface area (Å²) in [7, 11) is 1.70. The number of ether oxygens (including phenoxy) is 1. The van der Waals surface area contributed by atoms with Crippen LogP contribution in [-0.2, 0) is 6.42 Å². The summed E-state index contributed by atoms with van der Waals surface area (Å²) in [5.74, 6) is 0.920. The number of hydrogen-bond donors (Lipinski definition) is 1. The second kappa shape index (κ2) is 4.54. The molecule has 2 N–H and O–H groups in total. The van der Waals surface area contributed by atoms with Crippen LogP contribution in [0.3, 0.4) is 0 Å². The van der Waals surface area contributed by atoms with Crippen LogP contribution in [0.4, 0.5) is 0 Å². The van der Waals surface area contributed by atoms with Crippen molar-refractivity contribution in [1.29, 1.82) is 0 Å². The van der Waals surface area contributed by atoms with Crippen molar-refractivity contribution >= 4 is 10.8 Å². The fraction of sp³-hybridized carbons (Fsp3) is 0.286. The summed E-state index contributed by atoms with van der Waals surface area (Å²) in [5, 5.41) is 2.39. The topological polar surface area (TPSA) is 35.2 Å². The van der Waals surface area contributed by atoms with Gasteiger partial charge in [0, 0.05) is 11.4 Å². The van der Waals surface area contributed by atoms with Gasteiger partial charge in [-0.05, 0) is 30.4 Å². The monoisotopic (exact) mass is 215 g/mol. The lowest BCUT2D eigenvalue weighted by Gasteiger charge is -2.11. The maximum absolute atomic E-state index is 5.85. The van der Waals surface area contributed by atoms with Gasteiger partial charge in [-0.1, -0.05) is 30.3 Å². The van der Waals surface area contributed by atoms with Gasteiger partial charge in [-0.15, -0.1) is 0 Å². The maximum Gasteiger partial charge on any atom is 0.126 e. The summed E-state index contributed by atoms with van der Waals surface area (Å²) in [5.41, 5.74) is 7.14. The molecule has 2 nitrogen and oxygen atoms in total. The van der Waals surface area contributed by atoms with Crippen LogP contribution < -0.4 is 10.5 Å². The lowest BCUT2D eigenvalue weighted by atomic mass is 9.99. The summed E-state index contributed by atoms with van der Waals surface area (Å²) in [6.45, 7) is 2.03. The number of rotatable bonds is 3. The molecule has 0 heterocycles. The quantitative estimate of drug-likeness (QED) is 0.854. The molecule has 0 aromatic heterocycles. The first kappa shape index (κ1) is 11.0. The van der Waals surface area contributed by atoms with Crippen molar-refractivity contribution in [2.75, 3.05) is 7.11 Å². The third-order valence-corrected chi connectivity index (χ3v) is 2.74. The van der Waals surface area contributed by atoms with E-state index in [1.54, 1.807) is 7.11 Å². The standard InChI is InChI=1S/C14H17NO/c1-10(15)9-11-7-8-14(16-2)13-6-4-3-5-12(11)13/h3-8,10H,9,15H2,1-2H3. The summed E-state index contributed by atoms with van der Waals surface area (Å²) in [6.07, 6.45) is 0.893. The zero-order chi connectivity index (χ0) is 11.5. The van der Waals surface area contributed by atoms with E-state index < -0.39 is 0 Å². The molecular weight excluding hydrogens is 198 g/mol. The summed E-state index contributed by atoms with van der Waals surface area (Å²) >= 11 is 0. The SMILES string of the molecule is COc1ccc(CC(C)N)c2ccccc12. The molecule has 1 atom stereocenters. The van der Waals surface area contributed by atoms with Gasteiger partial charge in [0.1, 0.15) is 5.75 Å². The highest BCUT2D eigenvalue weighted by molar-refractivity contribution is 5.91. The van der Waals surface area contributed by atoms with E-state index in [2.05, 4.69) is 18.2 Å². The maximum atomic E-state index is 5.85. The number of methoxy groups -OCH3 is 1. The first-order valence-electron chi connectivity index (χ1n) is 5.52. The molecule has 16 heavy (non-hydrogen) atoms. The van der Waals surface area contributed by atoms with E-state index in [9.17, 15) is 0 Å². The third kappa shape index (κ3) is 2.02. The Balaban J connectivity index is 2.60. The second-order valence-electron chi connectivity index (χ2n) is 4.15. The lowest BCUT2D eigenvalue weighted by Crippen LogP contribution is -2.17. The van der Waals surface area contributed by atoms with Crippen LogP contribution in [0, 0.1) is 0 Å². The molecule has 2 aromatic rings. The predicted octanol–water partition coefficient (Wildman–Crippen LogP) is 2.74. The van der Waals surface area contributed by atoms with Gasteiger partial charge in [0.25, 0.3) is 0 Å². The first-order chi connectivity index (χ1) is 7.72. The summed E-state index contributed by atoms with van der Waals surface area (Å²) in [6, 6.07) is 12.6. The van der Waals surface area contributed by atoms with Crippen LogP contribution in [0.5, 0.6) is 5.75 Å². The summed E-state index contributed by atoms with van der Waals surface area (Å²) < 4.78 is 5.36. The van der Waals surface area contributed by atoms with Gasteiger partial charge in [-0.3, -0.25) is 0 Å². The van der Waals surface area contributed by atoms with Gasteiger partial charge >= 0.3 is 0 Å². The Labute approximate surface area is 96.0 Å². The minimum Gasteiger partial charge on any atom is -0.496 e. The molecule has 0 spiro atoms. The molecule has 0 aliphatic heterocycles. The largest absolute Gasteiger partial charge is 0.496 e. The minimum absolute atomic E-state index is 0.178. The van der Waals surface area contributed by atoms with Gasteiger partial charge in [0.2, 0.25) is 0 Å². The highest BCUT2D eigenvalue weighted by Crippen LogP contribution is 2.28. The van der Waals surface area contributed by atoms with Crippen molar-refractivity contribution in [2.24, 2.45) is 5.73 Å². The molecular formula is C14H17NO. The molecule has 1 unspecified atom stereocenters. The lowest BCUT2D eigenvalue weighted by molar-refractivity contribution is 0.419. The first-order valence-corrected chi connectivity index (χ1v) is 5.52. The number of hydrogen-bond acceptors (Lipinski definition) is 2. The molecule has 84 valence electrons. The Bertz CT molecular complexity index is 491. The zero-order valence-electron chi connectivity index (χ0n) is 9.73. The van der Waals surface area contributed by atoms with Crippen molar-refractivity contribution in [3.63, 3.8) is 0 Å². The van der Waals surface area contributed by atoms with E-state index in [0.29, 0.717) is 0 Å². The molecule has 0 amide bonds. The van der Waals surface area contributed by atoms with Gasteiger partial charge in [-0.25, -0.2) is 0 Å². The van der Waals surface area contributed by atoms with Crippen LogP contribution in [-0.4, -0.2) is 13.2 Å². The van der Waals surface area contributed by atoms with Gasteiger partial charge in [0.15, 0.2) is 0 Å². The zero-order valence-corrected chi connectivity index (χ0v) is 9.73. The molecule has 0 aliphatic rings. The van der Waals surface area contributed by atoms with Crippen molar-refractivity contribution in [3.8, 4) is 5.75 Å². The van der Waals surface area contributed by atoms with E-state index in [4.69, 9.17) is 10.5 Å². The minimum atomic E-state index is 0.178. The van der Waals surface area contributed by atoms with Crippen molar-refractivity contribution in [1.82, 2.24) is 0 Å². The Morgan fingerprint density at radius 2 is 1.81 bits per heavy atom. The predicted molar refractivity (Wildman–Crippen MR) is 67.9 cm³/mol. The molecule has 0 radical (unpaired) electrons. The van der Waals surface area contributed by atoms with Crippen molar-refractivity contribution in [2.45, 2.75) is 19.4 Å². The van der Waals surface area contributed by atoms with E-state index >= 15 is 0 Å². The highest BCUT2D eigenvalue weighted by atomic mass is 16.5. The average Bonchev–Trinajstić information content (AvgIpc) is 2.29. The fourth-order valence-corrected chi connectivity index (χ4v) is 2.04. The Morgan fingerprint density at radius 3 is 2.44 bits per heavy atom. The average molecular weight is 215 g/mol.